The highest BCUT2D eigenvalue weighted by atomic mass is 15.0. The first kappa shape index (κ1) is 14.0. The highest BCUT2D eigenvalue weighted by molar-refractivity contribution is 5.88. The summed E-state index contributed by atoms with van der Waals surface area (Å²) in [5.41, 5.74) is 13.4. The molecule has 0 bridgehead atoms. The van der Waals surface area contributed by atoms with Crippen molar-refractivity contribution in [3.05, 3.63) is 65.1 Å². The second-order valence-corrected chi connectivity index (χ2v) is 6.00. The molecule has 0 aliphatic heterocycles. The Labute approximate surface area is 134 Å². The molecule has 1 atom stereocenters. The molecule has 23 heavy (non-hydrogen) atoms. The van der Waals surface area contributed by atoms with Crippen molar-refractivity contribution in [2.75, 3.05) is 0 Å². The summed E-state index contributed by atoms with van der Waals surface area (Å²) < 4.78 is 0. The Bertz CT molecular complexity index is 960. The summed E-state index contributed by atoms with van der Waals surface area (Å²) in [6.45, 7) is 4.30. The summed E-state index contributed by atoms with van der Waals surface area (Å²) in [5.74, 6) is 0.812. The first-order valence-electron chi connectivity index (χ1n) is 7.98. The van der Waals surface area contributed by atoms with E-state index in [-0.39, 0.29) is 6.04 Å². The third-order valence-electron chi connectivity index (χ3n) is 4.56. The number of aromatic amines is 2. The molecule has 4 aromatic rings. The average Bonchev–Trinajstić information content (AvgIpc) is 3.20. The maximum absolute atomic E-state index is 6.62. The molecular formula is C19H20N4. The SMILES string of the molecule is CCc1cc(C)c2[nH]ccc2c1C(N)c1nc2ccccc2[nH]1. The number of nitrogens with two attached hydrogens (primary N) is 1. The summed E-state index contributed by atoms with van der Waals surface area (Å²) >= 11 is 0. The lowest BCUT2D eigenvalue weighted by atomic mass is 9.92. The van der Waals surface area contributed by atoms with Crippen molar-refractivity contribution in [1.82, 2.24) is 15.0 Å². The van der Waals surface area contributed by atoms with E-state index in [4.69, 9.17) is 5.73 Å². The molecule has 0 saturated heterocycles. The molecule has 116 valence electrons. The van der Waals surface area contributed by atoms with E-state index in [0.29, 0.717) is 0 Å². The van der Waals surface area contributed by atoms with Crippen molar-refractivity contribution in [1.29, 1.82) is 0 Å². The summed E-state index contributed by atoms with van der Waals surface area (Å²) in [5, 5.41) is 1.19. The topological polar surface area (TPSA) is 70.5 Å². The van der Waals surface area contributed by atoms with Gasteiger partial charge in [0.05, 0.1) is 17.1 Å². The summed E-state index contributed by atoms with van der Waals surface area (Å²) in [7, 11) is 0. The normalized spacial score (nSPS) is 13.0. The van der Waals surface area contributed by atoms with E-state index in [9.17, 15) is 0 Å². The average molecular weight is 304 g/mol. The van der Waals surface area contributed by atoms with Gasteiger partial charge in [-0.25, -0.2) is 4.98 Å². The van der Waals surface area contributed by atoms with Crippen molar-refractivity contribution in [3.8, 4) is 0 Å². The number of aromatic nitrogens is 3. The number of hydrogen-bond acceptors (Lipinski definition) is 2. The van der Waals surface area contributed by atoms with Crippen LogP contribution in [0.15, 0.2) is 42.6 Å². The largest absolute Gasteiger partial charge is 0.361 e. The third kappa shape index (κ3) is 2.14. The van der Waals surface area contributed by atoms with E-state index >= 15 is 0 Å². The zero-order chi connectivity index (χ0) is 16.0. The Morgan fingerprint density at radius 2 is 2.04 bits per heavy atom. The number of nitrogens with zero attached hydrogens (tertiary/aromatic N) is 1. The monoisotopic (exact) mass is 304 g/mol. The predicted molar refractivity (Wildman–Crippen MR) is 94.5 cm³/mol. The van der Waals surface area contributed by atoms with E-state index in [2.05, 4.69) is 40.9 Å². The van der Waals surface area contributed by atoms with Crippen molar-refractivity contribution in [2.45, 2.75) is 26.3 Å². The van der Waals surface area contributed by atoms with Crippen molar-refractivity contribution in [3.63, 3.8) is 0 Å². The molecule has 0 spiro atoms. The Kier molecular flexibility index (Phi) is 3.20. The lowest BCUT2D eigenvalue weighted by Gasteiger charge is -2.17. The lowest BCUT2D eigenvalue weighted by molar-refractivity contribution is 0.799. The van der Waals surface area contributed by atoms with Crippen LogP contribution in [-0.2, 0) is 6.42 Å². The van der Waals surface area contributed by atoms with Crippen LogP contribution in [-0.4, -0.2) is 15.0 Å². The molecule has 4 heteroatoms. The van der Waals surface area contributed by atoms with Gasteiger partial charge in [-0.3, -0.25) is 0 Å². The van der Waals surface area contributed by atoms with Crippen LogP contribution < -0.4 is 5.73 Å². The Morgan fingerprint density at radius 3 is 2.83 bits per heavy atom. The van der Waals surface area contributed by atoms with Gasteiger partial charge in [-0.1, -0.05) is 25.1 Å². The van der Waals surface area contributed by atoms with Crippen molar-refractivity contribution < 1.29 is 0 Å². The van der Waals surface area contributed by atoms with Gasteiger partial charge in [-0.05, 0) is 48.2 Å². The predicted octanol–water partition coefficient (Wildman–Crippen LogP) is 3.96. The maximum Gasteiger partial charge on any atom is 0.128 e. The van der Waals surface area contributed by atoms with Crippen molar-refractivity contribution >= 4 is 21.9 Å². The van der Waals surface area contributed by atoms with E-state index in [0.717, 1.165) is 34.4 Å². The molecule has 0 aliphatic rings. The number of fused-ring (bicyclic) bond motifs is 2. The fraction of sp³-hybridized carbons (Fsp3) is 0.211. The smallest absolute Gasteiger partial charge is 0.128 e. The molecule has 0 fully saturated rings. The Hall–Kier alpha value is -2.59. The Morgan fingerprint density at radius 1 is 1.22 bits per heavy atom. The number of benzene rings is 2. The highest BCUT2D eigenvalue weighted by Crippen LogP contribution is 2.32. The maximum atomic E-state index is 6.62. The molecule has 4 N–H and O–H groups in total. The molecule has 0 amide bonds. The van der Waals surface area contributed by atoms with Gasteiger partial charge in [-0.15, -0.1) is 0 Å². The van der Waals surface area contributed by atoms with E-state index in [1.165, 1.54) is 16.5 Å². The fourth-order valence-electron chi connectivity index (χ4n) is 3.42. The molecule has 4 rings (SSSR count). The van der Waals surface area contributed by atoms with Crippen LogP contribution in [0, 0.1) is 6.92 Å². The van der Waals surface area contributed by atoms with Gasteiger partial charge < -0.3 is 15.7 Å². The Balaban J connectivity index is 1.93. The lowest BCUT2D eigenvalue weighted by Crippen LogP contribution is -2.16. The summed E-state index contributed by atoms with van der Waals surface area (Å²) in [6, 6.07) is 12.1. The van der Waals surface area contributed by atoms with Gasteiger partial charge >= 0.3 is 0 Å². The molecule has 4 nitrogen and oxygen atoms in total. The standard InChI is InChI=1S/C19H20N4/c1-3-12-10-11(2)18-13(8-9-21-18)16(12)17(20)19-22-14-6-4-5-7-15(14)23-19/h4-10,17,21H,3,20H2,1-2H3,(H,22,23). The molecule has 0 aliphatic carbocycles. The molecule has 0 saturated carbocycles. The minimum Gasteiger partial charge on any atom is -0.361 e. The second kappa shape index (κ2) is 5.25. The van der Waals surface area contributed by atoms with Crippen LogP contribution in [0.1, 0.15) is 35.5 Å². The minimum absolute atomic E-state index is 0.267. The van der Waals surface area contributed by atoms with E-state index < -0.39 is 0 Å². The van der Waals surface area contributed by atoms with Crippen molar-refractivity contribution in [2.24, 2.45) is 5.73 Å². The van der Waals surface area contributed by atoms with Gasteiger partial charge in [0.15, 0.2) is 0 Å². The number of hydrogen-bond donors (Lipinski definition) is 3. The van der Waals surface area contributed by atoms with Crippen LogP contribution >= 0.6 is 0 Å². The molecular weight excluding hydrogens is 284 g/mol. The number of nitrogens with one attached hydrogen (secondary N) is 2. The fourth-order valence-corrected chi connectivity index (χ4v) is 3.42. The van der Waals surface area contributed by atoms with Crippen LogP contribution in [0.3, 0.4) is 0 Å². The zero-order valence-corrected chi connectivity index (χ0v) is 13.4. The van der Waals surface area contributed by atoms with Gasteiger partial charge in [0.1, 0.15) is 5.82 Å². The number of rotatable bonds is 3. The molecule has 1 unspecified atom stereocenters. The molecule has 0 radical (unpaired) electrons. The second-order valence-electron chi connectivity index (χ2n) is 6.00. The first-order valence-corrected chi connectivity index (χ1v) is 7.98. The molecule has 2 aromatic heterocycles. The number of para-hydroxylation sites is 2. The van der Waals surface area contributed by atoms with Crippen LogP contribution in [0.25, 0.3) is 21.9 Å². The first-order chi connectivity index (χ1) is 11.2. The van der Waals surface area contributed by atoms with E-state index in [1.54, 1.807) is 0 Å². The van der Waals surface area contributed by atoms with Gasteiger partial charge in [0.2, 0.25) is 0 Å². The number of aryl methyl sites for hydroxylation is 2. The molecule has 2 aromatic carbocycles. The van der Waals surface area contributed by atoms with Crippen LogP contribution in [0.5, 0.6) is 0 Å². The van der Waals surface area contributed by atoms with Gasteiger partial charge in [0, 0.05) is 17.1 Å². The molecule has 2 heterocycles. The quantitative estimate of drug-likeness (QED) is 0.536. The zero-order valence-electron chi connectivity index (χ0n) is 13.4. The summed E-state index contributed by atoms with van der Waals surface area (Å²) in [4.78, 5) is 11.4. The third-order valence-corrected chi connectivity index (χ3v) is 4.56. The minimum atomic E-state index is -0.267. The van der Waals surface area contributed by atoms with E-state index in [1.807, 2.05) is 30.5 Å². The van der Waals surface area contributed by atoms with Gasteiger partial charge in [0.25, 0.3) is 0 Å². The van der Waals surface area contributed by atoms with Gasteiger partial charge in [-0.2, -0.15) is 0 Å². The summed E-state index contributed by atoms with van der Waals surface area (Å²) in [6.07, 6.45) is 2.93. The highest BCUT2D eigenvalue weighted by Gasteiger charge is 2.20. The number of imidazole rings is 1. The number of H-pyrrole nitrogens is 2. The van der Waals surface area contributed by atoms with Crippen LogP contribution in [0.2, 0.25) is 0 Å². The van der Waals surface area contributed by atoms with Crippen LogP contribution in [0.4, 0.5) is 0 Å².